The van der Waals surface area contributed by atoms with Crippen molar-refractivity contribution in [3.05, 3.63) is 35.9 Å². The van der Waals surface area contributed by atoms with Crippen LogP contribution in [0.4, 0.5) is 0 Å². The van der Waals surface area contributed by atoms with E-state index in [0.717, 1.165) is 18.4 Å². The van der Waals surface area contributed by atoms with Crippen molar-refractivity contribution < 1.29 is 9.53 Å². The second kappa shape index (κ2) is 4.73. The molecule has 0 aromatic heterocycles. The molecule has 18 heavy (non-hydrogen) atoms. The lowest BCUT2D eigenvalue weighted by atomic mass is 9.89. The molecular formula is C15H19NO2. The van der Waals surface area contributed by atoms with Crippen LogP contribution in [0.2, 0.25) is 0 Å². The largest absolute Gasteiger partial charge is 0.458 e. The van der Waals surface area contributed by atoms with Crippen LogP contribution in [0, 0.1) is 5.92 Å². The van der Waals surface area contributed by atoms with Crippen molar-refractivity contribution in [3.8, 4) is 0 Å². The van der Waals surface area contributed by atoms with E-state index in [4.69, 9.17) is 4.74 Å². The fourth-order valence-corrected chi connectivity index (χ4v) is 3.14. The van der Waals surface area contributed by atoms with E-state index in [1.54, 1.807) is 0 Å². The van der Waals surface area contributed by atoms with Gasteiger partial charge in [0, 0.05) is 12.1 Å². The number of hydrogen-bond donors (Lipinski definition) is 1. The summed E-state index contributed by atoms with van der Waals surface area (Å²) in [6.45, 7) is 1.94. The smallest absolute Gasteiger partial charge is 0.311 e. The molecule has 3 nitrogen and oxygen atoms in total. The van der Waals surface area contributed by atoms with Crippen LogP contribution >= 0.6 is 0 Å². The summed E-state index contributed by atoms with van der Waals surface area (Å²) >= 11 is 0. The van der Waals surface area contributed by atoms with Gasteiger partial charge in [0.25, 0.3) is 0 Å². The summed E-state index contributed by atoms with van der Waals surface area (Å²) in [4.78, 5) is 12.2. The molecule has 4 unspecified atom stereocenters. The number of carbonyl (C=O) groups is 1. The SMILES string of the molecule is CC(OC(=O)C1CC2CCC1N2)c1ccccc1. The van der Waals surface area contributed by atoms with Crippen LogP contribution < -0.4 is 5.32 Å². The molecule has 4 atom stereocenters. The minimum absolute atomic E-state index is 0.0361. The summed E-state index contributed by atoms with van der Waals surface area (Å²) < 4.78 is 5.59. The zero-order valence-corrected chi connectivity index (χ0v) is 10.6. The first-order chi connectivity index (χ1) is 8.74. The third-order valence-electron chi connectivity index (χ3n) is 4.16. The molecule has 0 radical (unpaired) electrons. The highest BCUT2D eigenvalue weighted by Crippen LogP contribution is 2.34. The van der Waals surface area contributed by atoms with Gasteiger partial charge in [-0.15, -0.1) is 0 Å². The number of nitrogens with one attached hydrogen (secondary N) is 1. The second-order valence-corrected chi connectivity index (χ2v) is 5.38. The van der Waals surface area contributed by atoms with Crippen LogP contribution in [-0.2, 0) is 9.53 Å². The van der Waals surface area contributed by atoms with E-state index in [1.807, 2.05) is 37.3 Å². The number of hydrogen-bond acceptors (Lipinski definition) is 3. The Kier molecular flexibility index (Phi) is 3.08. The highest BCUT2D eigenvalue weighted by Gasteiger charge is 2.43. The predicted molar refractivity (Wildman–Crippen MR) is 69.0 cm³/mol. The van der Waals surface area contributed by atoms with Crippen LogP contribution in [-0.4, -0.2) is 18.1 Å². The molecule has 2 bridgehead atoms. The van der Waals surface area contributed by atoms with E-state index in [1.165, 1.54) is 6.42 Å². The van der Waals surface area contributed by atoms with E-state index in [0.29, 0.717) is 12.1 Å². The lowest BCUT2D eigenvalue weighted by Crippen LogP contribution is -2.30. The van der Waals surface area contributed by atoms with Crippen molar-refractivity contribution >= 4 is 5.97 Å². The van der Waals surface area contributed by atoms with E-state index < -0.39 is 0 Å². The van der Waals surface area contributed by atoms with Crippen molar-refractivity contribution in [2.24, 2.45) is 5.92 Å². The number of fused-ring (bicyclic) bond motifs is 2. The van der Waals surface area contributed by atoms with Crippen molar-refractivity contribution in [3.63, 3.8) is 0 Å². The first-order valence-corrected chi connectivity index (χ1v) is 6.75. The lowest BCUT2D eigenvalue weighted by molar-refractivity contribution is -0.154. The van der Waals surface area contributed by atoms with Gasteiger partial charge < -0.3 is 10.1 Å². The molecule has 3 rings (SSSR count). The standard InChI is InChI=1S/C15H19NO2/c1-10(11-5-3-2-4-6-11)18-15(17)13-9-12-7-8-14(13)16-12/h2-6,10,12-14,16H,7-9H2,1H3. The van der Waals surface area contributed by atoms with Gasteiger partial charge >= 0.3 is 5.97 Å². The van der Waals surface area contributed by atoms with Crippen molar-refractivity contribution in [2.75, 3.05) is 0 Å². The molecule has 0 aliphatic carbocycles. The minimum Gasteiger partial charge on any atom is -0.458 e. The van der Waals surface area contributed by atoms with Crippen LogP contribution in [0.15, 0.2) is 30.3 Å². The molecule has 2 saturated heterocycles. The molecule has 2 aliphatic heterocycles. The molecule has 96 valence electrons. The fraction of sp³-hybridized carbons (Fsp3) is 0.533. The Morgan fingerprint density at radius 3 is 2.72 bits per heavy atom. The summed E-state index contributed by atoms with van der Waals surface area (Å²) in [7, 11) is 0. The average molecular weight is 245 g/mol. The van der Waals surface area contributed by atoms with Crippen molar-refractivity contribution in [1.29, 1.82) is 0 Å². The fourth-order valence-electron chi connectivity index (χ4n) is 3.14. The van der Waals surface area contributed by atoms with Gasteiger partial charge in [-0.05, 0) is 31.7 Å². The zero-order valence-electron chi connectivity index (χ0n) is 10.6. The maximum Gasteiger partial charge on any atom is 0.311 e. The normalized spacial score (nSPS) is 31.3. The molecule has 0 amide bonds. The maximum absolute atomic E-state index is 12.2. The van der Waals surface area contributed by atoms with Gasteiger partial charge in [-0.2, -0.15) is 0 Å². The molecular weight excluding hydrogens is 226 g/mol. The van der Waals surface area contributed by atoms with E-state index >= 15 is 0 Å². The molecule has 0 spiro atoms. The molecule has 2 fully saturated rings. The average Bonchev–Trinajstić information content (AvgIpc) is 3.02. The molecule has 0 saturated carbocycles. The van der Waals surface area contributed by atoms with Crippen molar-refractivity contribution in [2.45, 2.75) is 44.4 Å². The van der Waals surface area contributed by atoms with Crippen LogP contribution in [0.5, 0.6) is 0 Å². The summed E-state index contributed by atoms with van der Waals surface area (Å²) in [5.74, 6) is 0.0287. The number of esters is 1. The van der Waals surface area contributed by atoms with Gasteiger partial charge in [0.15, 0.2) is 0 Å². The van der Waals surface area contributed by atoms with Crippen LogP contribution in [0.25, 0.3) is 0 Å². The summed E-state index contributed by atoms with van der Waals surface area (Å²) in [5, 5.41) is 3.47. The molecule has 1 aromatic rings. The first kappa shape index (κ1) is 11.7. The van der Waals surface area contributed by atoms with Crippen molar-refractivity contribution in [1.82, 2.24) is 5.32 Å². The van der Waals surface area contributed by atoms with Gasteiger partial charge in [-0.25, -0.2) is 0 Å². The van der Waals surface area contributed by atoms with Crippen LogP contribution in [0.3, 0.4) is 0 Å². The van der Waals surface area contributed by atoms with E-state index in [2.05, 4.69) is 5.32 Å². The number of rotatable bonds is 3. The molecule has 1 N–H and O–H groups in total. The van der Waals surface area contributed by atoms with Gasteiger partial charge in [0.1, 0.15) is 6.10 Å². The molecule has 2 aliphatic rings. The topological polar surface area (TPSA) is 38.3 Å². The second-order valence-electron chi connectivity index (χ2n) is 5.38. The maximum atomic E-state index is 12.2. The van der Waals surface area contributed by atoms with Gasteiger partial charge in [-0.3, -0.25) is 4.79 Å². The molecule has 2 heterocycles. The highest BCUT2D eigenvalue weighted by molar-refractivity contribution is 5.74. The Morgan fingerprint density at radius 2 is 2.11 bits per heavy atom. The zero-order chi connectivity index (χ0) is 12.5. The van der Waals surface area contributed by atoms with Gasteiger partial charge in [0.2, 0.25) is 0 Å². The molecule has 1 aromatic carbocycles. The molecule has 3 heteroatoms. The first-order valence-electron chi connectivity index (χ1n) is 6.75. The Morgan fingerprint density at radius 1 is 1.33 bits per heavy atom. The van der Waals surface area contributed by atoms with E-state index in [9.17, 15) is 4.79 Å². The number of benzene rings is 1. The van der Waals surface area contributed by atoms with E-state index in [-0.39, 0.29) is 18.0 Å². The Hall–Kier alpha value is -1.35. The number of carbonyl (C=O) groups excluding carboxylic acids is 1. The Labute approximate surface area is 108 Å². The van der Waals surface area contributed by atoms with Crippen LogP contribution in [0.1, 0.15) is 37.9 Å². The predicted octanol–water partition coefficient (Wildman–Crippen LogP) is 2.43. The van der Waals surface area contributed by atoms with Gasteiger partial charge in [-0.1, -0.05) is 30.3 Å². The third kappa shape index (κ3) is 2.15. The summed E-state index contributed by atoms with van der Waals surface area (Å²) in [6.07, 6.45) is 3.12. The Bertz CT molecular complexity index is 431. The highest BCUT2D eigenvalue weighted by atomic mass is 16.5. The monoisotopic (exact) mass is 245 g/mol. The Balaban J connectivity index is 1.61. The van der Waals surface area contributed by atoms with Gasteiger partial charge in [0.05, 0.1) is 5.92 Å². The summed E-state index contributed by atoms with van der Waals surface area (Å²) in [6, 6.07) is 10.8. The number of ether oxygens (including phenoxy) is 1. The third-order valence-corrected chi connectivity index (χ3v) is 4.16. The lowest BCUT2D eigenvalue weighted by Gasteiger charge is -2.21. The summed E-state index contributed by atoms with van der Waals surface area (Å²) in [5.41, 5.74) is 1.06. The minimum atomic E-state index is -0.155. The quantitative estimate of drug-likeness (QED) is 0.831.